The molecule has 0 radical (unpaired) electrons. The predicted octanol–water partition coefficient (Wildman–Crippen LogP) is 6.86. The second-order valence-corrected chi connectivity index (χ2v) is 10.7. The molecule has 6 nitrogen and oxygen atoms in total. The highest BCUT2D eigenvalue weighted by atomic mass is 16.5. The minimum absolute atomic E-state index is 0.217. The summed E-state index contributed by atoms with van der Waals surface area (Å²) in [7, 11) is 1.33. The van der Waals surface area contributed by atoms with Crippen molar-refractivity contribution in [1.82, 2.24) is 5.32 Å². The molecule has 0 fully saturated rings. The number of benzene rings is 5. The molecule has 1 atom stereocenters. The zero-order valence-electron chi connectivity index (χ0n) is 24.4. The number of ether oxygens (including phenoxy) is 3. The third-order valence-corrected chi connectivity index (χ3v) is 7.82. The quantitative estimate of drug-likeness (QED) is 0.172. The van der Waals surface area contributed by atoms with E-state index < -0.39 is 17.9 Å². The maximum absolute atomic E-state index is 13.8. The number of amides is 1. The van der Waals surface area contributed by atoms with Gasteiger partial charge in [-0.3, -0.25) is 4.79 Å². The molecular weight excluding hydrogens is 550 g/mol. The van der Waals surface area contributed by atoms with Gasteiger partial charge in [-0.15, -0.1) is 0 Å². The first-order chi connectivity index (χ1) is 21.6. The predicted molar refractivity (Wildman–Crippen MR) is 169 cm³/mol. The Morgan fingerprint density at radius 2 is 1.16 bits per heavy atom. The van der Waals surface area contributed by atoms with E-state index in [0.717, 1.165) is 38.9 Å². The van der Waals surface area contributed by atoms with Crippen LogP contribution in [0, 0.1) is 0 Å². The van der Waals surface area contributed by atoms with Gasteiger partial charge in [-0.25, -0.2) is 4.79 Å². The van der Waals surface area contributed by atoms with Gasteiger partial charge in [0.15, 0.2) is 11.5 Å². The summed E-state index contributed by atoms with van der Waals surface area (Å²) in [5.41, 5.74) is 6.76. The molecule has 1 amide bonds. The first-order valence-corrected chi connectivity index (χ1v) is 14.6. The van der Waals surface area contributed by atoms with Crippen molar-refractivity contribution in [3.8, 4) is 22.6 Å². The molecule has 0 heterocycles. The van der Waals surface area contributed by atoms with E-state index in [-0.39, 0.29) is 12.3 Å². The summed E-state index contributed by atoms with van der Waals surface area (Å²) >= 11 is 0. The van der Waals surface area contributed by atoms with Gasteiger partial charge < -0.3 is 19.5 Å². The fourth-order valence-electron chi connectivity index (χ4n) is 5.65. The molecule has 0 bridgehead atoms. The Labute approximate surface area is 257 Å². The fourth-order valence-corrected chi connectivity index (χ4v) is 5.65. The summed E-state index contributed by atoms with van der Waals surface area (Å²) in [5, 5.41) is 2.99. The molecular formula is C38H33NO5. The number of nitrogens with one attached hydrogen (secondary N) is 1. The summed E-state index contributed by atoms with van der Waals surface area (Å²) < 4.78 is 17.5. The van der Waals surface area contributed by atoms with Crippen LogP contribution in [0.4, 0.5) is 0 Å². The largest absolute Gasteiger partial charge is 0.485 e. The van der Waals surface area contributed by atoms with E-state index in [4.69, 9.17) is 14.2 Å². The number of methoxy groups -OCH3 is 1. The molecule has 1 aliphatic carbocycles. The van der Waals surface area contributed by atoms with E-state index in [1.54, 1.807) is 0 Å². The second-order valence-electron chi connectivity index (χ2n) is 10.7. The topological polar surface area (TPSA) is 73.9 Å². The van der Waals surface area contributed by atoms with E-state index in [9.17, 15) is 9.59 Å². The van der Waals surface area contributed by atoms with Gasteiger partial charge in [0.2, 0.25) is 5.91 Å². The molecule has 0 saturated carbocycles. The van der Waals surface area contributed by atoms with Crippen LogP contribution in [-0.2, 0) is 34.0 Å². The van der Waals surface area contributed by atoms with E-state index in [1.165, 1.54) is 7.11 Å². The number of carbonyl (C=O) groups excluding carboxylic acids is 2. The number of rotatable bonds is 11. The highest BCUT2D eigenvalue weighted by Crippen LogP contribution is 2.44. The third-order valence-electron chi connectivity index (χ3n) is 7.82. The van der Waals surface area contributed by atoms with Crippen molar-refractivity contribution < 1.29 is 23.8 Å². The number of hydrogen-bond donors (Lipinski definition) is 1. The van der Waals surface area contributed by atoms with Crippen molar-refractivity contribution in [1.29, 1.82) is 0 Å². The molecule has 5 aromatic carbocycles. The van der Waals surface area contributed by atoms with Crippen molar-refractivity contribution >= 4 is 11.9 Å². The summed E-state index contributed by atoms with van der Waals surface area (Å²) in [6.07, 6.45) is 0.217. The molecule has 1 N–H and O–H groups in total. The minimum Gasteiger partial charge on any atom is -0.485 e. The molecule has 6 rings (SSSR count). The van der Waals surface area contributed by atoms with Crippen molar-refractivity contribution in [2.45, 2.75) is 31.6 Å². The molecule has 0 aliphatic heterocycles. The van der Waals surface area contributed by atoms with Crippen molar-refractivity contribution in [3.63, 3.8) is 0 Å². The lowest BCUT2D eigenvalue weighted by Gasteiger charge is -2.21. The third kappa shape index (κ3) is 6.35. The van der Waals surface area contributed by atoms with Crippen LogP contribution in [0.1, 0.15) is 33.7 Å². The van der Waals surface area contributed by atoms with Crippen LogP contribution in [0.15, 0.2) is 127 Å². The number of fused-ring (bicyclic) bond motifs is 3. The Morgan fingerprint density at radius 3 is 1.73 bits per heavy atom. The highest BCUT2D eigenvalue weighted by molar-refractivity contribution is 5.97. The zero-order valence-corrected chi connectivity index (χ0v) is 24.4. The summed E-state index contributed by atoms with van der Waals surface area (Å²) in [6, 6.07) is 40.3. The van der Waals surface area contributed by atoms with E-state index in [0.29, 0.717) is 24.7 Å². The number of esters is 1. The average Bonchev–Trinajstić information content (AvgIpc) is 3.41. The van der Waals surface area contributed by atoms with E-state index in [2.05, 4.69) is 5.32 Å². The van der Waals surface area contributed by atoms with Crippen LogP contribution in [0.3, 0.4) is 0 Å². The smallest absolute Gasteiger partial charge is 0.328 e. The Balaban J connectivity index is 1.24. The number of hydrogen-bond acceptors (Lipinski definition) is 5. The van der Waals surface area contributed by atoms with Crippen LogP contribution < -0.4 is 14.8 Å². The normalized spacial score (nSPS) is 12.5. The van der Waals surface area contributed by atoms with Crippen molar-refractivity contribution in [2.75, 3.05) is 7.11 Å². The summed E-state index contributed by atoms with van der Waals surface area (Å²) in [4.78, 5) is 26.8. The molecule has 44 heavy (non-hydrogen) atoms. The molecule has 1 aliphatic rings. The Kier molecular flexibility index (Phi) is 8.69. The molecule has 6 heteroatoms. The zero-order chi connectivity index (χ0) is 30.3. The van der Waals surface area contributed by atoms with Gasteiger partial charge in [0.05, 0.1) is 13.0 Å². The standard InChI is InChI=1S/C38H33NO5/c1-42-38(41)33(39-37(40)36-31-18-10-8-16-29(31)30-17-9-11-19-32(30)36)22-28-20-21-34(43-24-26-12-4-2-5-13-26)35(23-28)44-25-27-14-6-3-7-15-27/h2-21,23,33,36H,22,24-25H2,1H3,(H,39,40)/t33-/m0/s1. The van der Waals surface area contributed by atoms with Crippen LogP contribution in [0.25, 0.3) is 11.1 Å². The molecule has 5 aromatic rings. The number of carbonyl (C=O) groups is 2. The van der Waals surface area contributed by atoms with Gasteiger partial charge in [0, 0.05) is 6.42 Å². The molecule has 220 valence electrons. The van der Waals surface area contributed by atoms with Crippen LogP contribution in [0.5, 0.6) is 11.5 Å². The lowest BCUT2D eigenvalue weighted by atomic mass is 9.95. The fraction of sp³-hybridized carbons (Fsp3) is 0.158. The van der Waals surface area contributed by atoms with Gasteiger partial charge in [0.1, 0.15) is 19.3 Å². The van der Waals surface area contributed by atoms with Gasteiger partial charge in [-0.2, -0.15) is 0 Å². The van der Waals surface area contributed by atoms with Crippen molar-refractivity contribution in [3.05, 3.63) is 155 Å². The summed E-state index contributed by atoms with van der Waals surface area (Å²) in [6.45, 7) is 0.733. The van der Waals surface area contributed by atoms with Crippen LogP contribution in [-0.4, -0.2) is 25.0 Å². The minimum atomic E-state index is -0.898. The SMILES string of the molecule is COC(=O)[C@H](Cc1ccc(OCc2ccccc2)c(OCc2ccccc2)c1)NC(=O)C1c2ccccc2-c2ccccc21. The Hall–Kier alpha value is -5.36. The second kappa shape index (κ2) is 13.3. The molecule has 0 unspecified atom stereocenters. The maximum atomic E-state index is 13.8. The van der Waals surface area contributed by atoms with Gasteiger partial charge >= 0.3 is 5.97 Å². The summed E-state index contributed by atoms with van der Waals surface area (Å²) in [5.74, 6) is -0.148. The monoisotopic (exact) mass is 583 g/mol. The van der Waals surface area contributed by atoms with Gasteiger partial charge in [-0.05, 0) is 51.1 Å². The highest BCUT2D eigenvalue weighted by Gasteiger charge is 2.35. The maximum Gasteiger partial charge on any atom is 0.328 e. The molecule has 0 spiro atoms. The van der Waals surface area contributed by atoms with Gasteiger partial charge in [0.25, 0.3) is 0 Å². The van der Waals surface area contributed by atoms with E-state index in [1.807, 2.05) is 127 Å². The molecule has 0 saturated heterocycles. The Bertz CT molecular complexity index is 1710. The lowest BCUT2D eigenvalue weighted by molar-refractivity contribution is -0.145. The Morgan fingerprint density at radius 1 is 0.636 bits per heavy atom. The first-order valence-electron chi connectivity index (χ1n) is 14.6. The van der Waals surface area contributed by atoms with Crippen molar-refractivity contribution in [2.24, 2.45) is 0 Å². The van der Waals surface area contributed by atoms with Crippen LogP contribution in [0.2, 0.25) is 0 Å². The lowest BCUT2D eigenvalue weighted by Crippen LogP contribution is -2.45. The van der Waals surface area contributed by atoms with E-state index >= 15 is 0 Å². The van der Waals surface area contributed by atoms with Gasteiger partial charge in [-0.1, -0.05) is 115 Å². The molecule has 0 aromatic heterocycles. The van der Waals surface area contributed by atoms with Crippen LogP contribution >= 0.6 is 0 Å². The average molecular weight is 584 g/mol. The first kappa shape index (κ1) is 28.7.